The Labute approximate surface area is 127 Å². The molecule has 0 heterocycles. The summed E-state index contributed by atoms with van der Waals surface area (Å²) in [6.45, 7) is 5.78. The van der Waals surface area contributed by atoms with Crippen LogP contribution in [-0.4, -0.2) is 5.78 Å². The summed E-state index contributed by atoms with van der Waals surface area (Å²) < 4.78 is 27.2. The summed E-state index contributed by atoms with van der Waals surface area (Å²) in [5.41, 5.74) is 3.62. The molecule has 0 spiro atoms. The number of rotatable bonds is 3. The molecule has 0 bridgehead atoms. The minimum absolute atomic E-state index is 0.0376. The normalized spacial score (nSPS) is 10.8. The monoisotopic (exact) mass is 308 g/mol. The van der Waals surface area contributed by atoms with Gasteiger partial charge in [0.25, 0.3) is 0 Å². The number of carbonyl (C=O) groups excluding carboxylic acids is 1. The zero-order valence-corrected chi connectivity index (χ0v) is 12.8. The van der Waals surface area contributed by atoms with E-state index in [2.05, 4.69) is 0 Å². The van der Waals surface area contributed by atoms with Gasteiger partial charge in [-0.1, -0.05) is 29.3 Å². The molecule has 4 heteroatoms. The van der Waals surface area contributed by atoms with Crippen molar-refractivity contribution in [2.24, 2.45) is 0 Å². The first-order chi connectivity index (χ1) is 9.79. The van der Waals surface area contributed by atoms with E-state index in [0.717, 1.165) is 34.4 Å². The minimum atomic E-state index is -0.797. The maximum Gasteiger partial charge on any atom is 0.170 e. The molecular formula is C17H15ClF2O. The molecule has 0 saturated heterocycles. The van der Waals surface area contributed by atoms with Gasteiger partial charge in [0.2, 0.25) is 0 Å². The van der Waals surface area contributed by atoms with Gasteiger partial charge in [0.05, 0.1) is 10.6 Å². The van der Waals surface area contributed by atoms with Crippen LogP contribution < -0.4 is 0 Å². The lowest BCUT2D eigenvalue weighted by molar-refractivity contribution is 0.0988. The second-order valence-electron chi connectivity index (χ2n) is 5.22. The Kier molecular flexibility index (Phi) is 4.43. The SMILES string of the molecule is Cc1cc(C)c(CC(=O)c2cc(F)c(Cl)cc2F)c(C)c1. The third-order valence-electron chi connectivity index (χ3n) is 3.49. The smallest absolute Gasteiger partial charge is 0.170 e. The molecule has 0 unspecified atom stereocenters. The third kappa shape index (κ3) is 3.30. The molecule has 2 aromatic rings. The summed E-state index contributed by atoms with van der Waals surface area (Å²) in [6, 6.07) is 5.63. The Hall–Kier alpha value is -1.74. The van der Waals surface area contributed by atoms with E-state index in [0.29, 0.717) is 0 Å². The quantitative estimate of drug-likeness (QED) is 0.578. The van der Waals surface area contributed by atoms with Crippen molar-refractivity contribution in [1.82, 2.24) is 0 Å². The molecule has 0 aliphatic heterocycles. The van der Waals surface area contributed by atoms with Crippen LogP contribution in [0.25, 0.3) is 0 Å². The van der Waals surface area contributed by atoms with E-state index >= 15 is 0 Å². The van der Waals surface area contributed by atoms with Crippen LogP contribution in [0.3, 0.4) is 0 Å². The van der Waals surface area contributed by atoms with Gasteiger partial charge in [-0.05, 0) is 49.6 Å². The Morgan fingerprint density at radius 2 is 1.57 bits per heavy atom. The van der Waals surface area contributed by atoms with Crippen molar-refractivity contribution in [1.29, 1.82) is 0 Å². The van der Waals surface area contributed by atoms with E-state index in [1.54, 1.807) is 0 Å². The van der Waals surface area contributed by atoms with Gasteiger partial charge in [-0.25, -0.2) is 8.78 Å². The first kappa shape index (κ1) is 15.6. The van der Waals surface area contributed by atoms with E-state index in [1.807, 2.05) is 32.9 Å². The van der Waals surface area contributed by atoms with Crippen molar-refractivity contribution in [3.8, 4) is 0 Å². The van der Waals surface area contributed by atoms with Gasteiger partial charge in [-0.15, -0.1) is 0 Å². The molecule has 0 saturated carbocycles. The van der Waals surface area contributed by atoms with Gasteiger partial charge in [-0.3, -0.25) is 4.79 Å². The van der Waals surface area contributed by atoms with Gasteiger partial charge in [0, 0.05) is 6.42 Å². The van der Waals surface area contributed by atoms with Crippen LogP contribution in [0.2, 0.25) is 5.02 Å². The van der Waals surface area contributed by atoms with Crippen molar-refractivity contribution in [3.05, 3.63) is 68.7 Å². The molecule has 1 nitrogen and oxygen atoms in total. The highest BCUT2D eigenvalue weighted by atomic mass is 35.5. The van der Waals surface area contributed by atoms with Gasteiger partial charge < -0.3 is 0 Å². The fraction of sp³-hybridized carbons (Fsp3) is 0.235. The van der Waals surface area contributed by atoms with Crippen molar-refractivity contribution < 1.29 is 13.6 Å². The van der Waals surface area contributed by atoms with Crippen molar-refractivity contribution in [3.63, 3.8) is 0 Å². The van der Waals surface area contributed by atoms with Crippen molar-refractivity contribution >= 4 is 17.4 Å². The molecule has 0 fully saturated rings. The Morgan fingerprint density at radius 1 is 1.00 bits per heavy atom. The molecule has 0 aliphatic carbocycles. The molecule has 2 rings (SSSR count). The molecule has 110 valence electrons. The van der Waals surface area contributed by atoms with Crippen LogP contribution >= 0.6 is 11.6 Å². The number of hydrogen-bond donors (Lipinski definition) is 0. The standard InChI is InChI=1S/C17H15ClF2O/c1-9-4-10(2)12(11(3)5-9)7-17(21)13-6-16(20)14(18)8-15(13)19/h4-6,8H,7H2,1-3H3. The first-order valence-electron chi connectivity index (χ1n) is 6.54. The van der Waals surface area contributed by atoms with E-state index in [4.69, 9.17) is 11.6 Å². The first-order valence-corrected chi connectivity index (χ1v) is 6.92. The third-order valence-corrected chi connectivity index (χ3v) is 3.78. The van der Waals surface area contributed by atoms with Crippen LogP contribution in [0.5, 0.6) is 0 Å². The largest absolute Gasteiger partial charge is 0.294 e. The van der Waals surface area contributed by atoms with E-state index < -0.39 is 17.4 Å². The highest BCUT2D eigenvalue weighted by Gasteiger charge is 2.17. The molecule has 0 radical (unpaired) electrons. The highest BCUT2D eigenvalue weighted by Crippen LogP contribution is 2.23. The summed E-state index contributed by atoms with van der Waals surface area (Å²) in [7, 11) is 0. The highest BCUT2D eigenvalue weighted by molar-refractivity contribution is 6.30. The predicted octanol–water partition coefficient (Wildman–Crippen LogP) is 4.97. The Bertz CT molecular complexity index is 700. The lowest BCUT2D eigenvalue weighted by Crippen LogP contribution is -2.09. The molecular weight excluding hydrogens is 294 g/mol. The molecule has 0 aliphatic rings. The van der Waals surface area contributed by atoms with Gasteiger partial charge in [-0.2, -0.15) is 0 Å². The zero-order valence-electron chi connectivity index (χ0n) is 12.1. The predicted molar refractivity (Wildman–Crippen MR) is 80.1 cm³/mol. The van der Waals surface area contributed by atoms with Crippen LogP contribution in [0.15, 0.2) is 24.3 Å². The molecule has 0 N–H and O–H groups in total. The van der Waals surface area contributed by atoms with E-state index in [-0.39, 0.29) is 17.0 Å². The molecule has 21 heavy (non-hydrogen) atoms. The van der Waals surface area contributed by atoms with E-state index in [1.165, 1.54) is 0 Å². The number of aryl methyl sites for hydroxylation is 3. The summed E-state index contributed by atoms with van der Waals surface area (Å²) in [6.07, 6.45) is 0.0376. The van der Waals surface area contributed by atoms with Gasteiger partial charge in [0.1, 0.15) is 11.6 Å². The maximum atomic E-state index is 13.8. The second-order valence-corrected chi connectivity index (χ2v) is 5.63. The number of Topliss-reactive ketones (excluding diaryl/α,β-unsaturated/α-hetero) is 1. The summed E-state index contributed by atoms with van der Waals surface area (Å²) in [5, 5.41) is -0.327. The van der Waals surface area contributed by atoms with Crippen LogP contribution in [0.4, 0.5) is 8.78 Å². The summed E-state index contributed by atoms with van der Waals surface area (Å²) in [5.74, 6) is -2.05. The zero-order chi connectivity index (χ0) is 15.7. The van der Waals surface area contributed by atoms with Gasteiger partial charge in [0.15, 0.2) is 5.78 Å². The average Bonchev–Trinajstić information content (AvgIpc) is 2.37. The summed E-state index contributed by atoms with van der Waals surface area (Å²) in [4.78, 5) is 12.2. The summed E-state index contributed by atoms with van der Waals surface area (Å²) >= 11 is 5.49. The molecule has 0 aromatic heterocycles. The van der Waals surface area contributed by atoms with Gasteiger partial charge >= 0.3 is 0 Å². The van der Waals surface area contributed by atoms with Crippen LogP contribution in [0.1, 0.15) is 32.6 Å². The van der Waals surface area contributed by atoms with Crippen LogP contribution in [-0.2, 0) is 6.42 Å². The number of hydrogen-bond acceptors (Lipinski definition) is 1. The minimum Gasteiger partial charge on any atom is -0.294 e. The molecule has 0 atom stereocenters. The Morgan fingerprint density at radius 3 is 2.14 bits per heavy atom. The fourth-order valence-corrected chi connectivity index (χ4v) is 2.63. The van der Waals surface area contributed by atoms with Crippen molar-refractivity contribution in [2.75, 3.05) is 0 Å². The average molecular weight is 309 g/mol. The Balaban J connectivity index is 2.37. The van der Waals surface area contributed by atoms with E-state index in [9.17, 15) is 13.6 Å². The number of carbonyl (C=O) groups is 1. The van der Waals surface area contributed by atoms with Crippen molar-refractivity contribution in [2.45, 2.75) is 27.2 Å². The van der Waals surface area contributed by atoms with Crippen LogP contribution in [0, 0.1) is 32.4 Å². The lowest BCUT2D eigenvalue weighted by atomic mass is 9.93. The fourth-order valence-electron chi connectivity index (χ4n) is 2.48. The molecule has 2 aromatic carbocycles. The number of halogens is 3. The topological polar surface area (TPSA) is 17.1 Å². The second kappa shape index (κ2) is 5.94. The number of ketones is 1. The molecule has 0 amide bonds. The maximum absolute atomic E-state index is 13.8. The lowest BCUT2D eigenvalue weighted by Gasteiger charge is -2.11. The number of benzene rings is 2.